The van der Waals surface area contributed by atoms with Gasteiger partial charge in [0.05, 0.1) is 49.1 Å². The van der Waals surface area contributed by atoms with Gasteiger partial charge < -0.3 is 24.6 Å². The fourth-order valence-electron chi connectivity index (χ4n) is 9.22. The summed E-state index contributed by atoms with van der Waals surface area (Å²) in [6.45, 7) is 5.54. The van der Waals surface area contributed by atoms with Crippen molar-refractivity contribution in [2.75, 3.05) is 53.0 Å². The third-order valence-corrected chi connectivity index (χ3v) is 11.6. The number of Topliss-reactive ketones (excluding diaryl/α,β-unsaturated/α-hetero) is 1. The number of morpholine rings is 2. The maximum atomic E-state index is 16.2. The van der Waals surface area contributed by atoms with Crippen molar-refractivity contribution >= 4 is 11.7 Å². The first kappa shape index (κ1) is 31.2. The van der Waals surface area contributed by atoms with Crippen molar-refractivity contribution in [2.45, 2.75) is 94.3 Å². The number of alkyl halides is 1. The van der Waals surface area contributed by atoms with Gasteiger partial charge in [0.25, 0.3) is 5.91 Å². The standard InChI is InChI=1S/C35H50FN5O4/c1-39(14-10-25-9-4-5-11-37-25)35(43)27-22-41-29-19-23-7-2-3-8-24(23)20-30(29)45-34-31(28(36)21-26(32(34)41)33(27)42)38-12-6-13-40-15-17-44-18-16-40/h4-5,9,11,22-24,26,28-32,34,38H,2-3,6-8,10,12-21H2,1H3. The first-order valence-electron chi connectivity index (χ1n) is 17.5. The van der Waals surface area contributed by atoms with Crippen LogP contribution in [0, 0.1) is 17.8 Å². The average molecular weight is 624 g/mol. The van der Waals surface area contributed by atoms with E-state index in [1.54, 1.807) is 18.1 Å². The highest BCUT2D eigenvalue weighted by Gasteiger charge is 2.59. The second-order valence-corrected chi connectivity index (χ2v) is 14.3. The molecule has 0 spiro atoms. The zero-order chi connectivity index (χ0) is 30.9. The van der Waals surface area contributed by atoms with Crippen LogP contribution in [0.4, 0.5) is 4.39 Å². The highest BCUT2D eigenvalue weighted by Crippen LogP contribution is 2.50. The molecule has 1 aromatic heterocycles. The highest BCUT2D eigenvalue weighted by atomic mass is 19.1. The molecular weight excluding hydrogens is 573 g/mol. The minimum absolute atomic E-state index is 0.0168. The quantitative estimate of drug-likeness (QED) is 0.332. The third-order valence-electron chi connectivity index (χ3n) is 11.6. The molecule has 0 aromatic carbocycles. The van der Waals surface area contributed by atoms with Crippen LogP contribution in [0.5, 0.6) is 0 Å². The number of carbonyl (C=O) groups excluding carboxylic acids is 2. The summed E-state index contributed by atoms with van der Waals surface area (Å²) in [5, 5.41) is 3.55. The predicted molar refractivity (Wildman–Crippen MR) is 168 cm³/mol. The van der Waals surface area contributed by atoms with E-state index in [0.717, 1.165) is 57.8 Å². The summed E-state index contributed by atoms with van der Waals surface area (Å²) in [6.07, 6.45) is 10.6. The summed E-state index contributed by atoms with van der Waals surface area (Å²) in [5.74, 6) is 0.203. The van der Waals surface area contributed by atoms with E-state index in [1.165, 1.54) is 25.7 Å². The zero-order valence-corrected chi connectivity index (χ0v) is 26.7. The Labute approximate surface area is 266 Å². The van der Waals surface area contributed by atoms with E-state index in [2.05, 4.69) is 20.1 Å². The normalized spacial score (nSPS) is 36.4. The van der Waals surface area contributed by atoms with Crippen LogP contribution in [-0.4, -0.2) is 121 Å². The molecule has 1 aromatic rings. The van der Waals surface area contributed by atoms with Gasteiger partial charge in [0, 0.05) is 57.1 Å². The largest absolute Gasteiger partial charge is 0.379 e. The molecule has 2 saturated heterocycles. The molecule has 1 amide bonds. The zero-order valence-electron chi connectivity index (χ0n) is 26.7. The van der Waals surface area contributed by atoms with Crippen molar-refractivity contribution in [3.05, 3.63) is 41.9 Å². The molecule has 3 saturated carbocycles. The van der Waals surface area contributed by atoms with Crippen LogP contribution in [0.2, 0.25) is 0 Å². The van der Waals surface area contributed by atoms with Crippen LogP contribution in [0.1, 0.15) is 57.1 Å². The molecule has 4 heterocycles. The topological polar surface area (TPSA) is 87.2 Å². The van der Waals surface area contributed by atoms with Crippen LogP contribution in [0.25, 0.3) is 0 Å². The van der Waals surface area contributed by atoms with Crippen LogP contribution < -0.4 is 5.32 Å². The van der Waals surface area contributed by atoms with Crippen molar-refractivity contribution in [1.82, 2.24) is 25.0 Å². The monoisotopic (exact) mass is 623 g/mol. The number of halogens is 1. The lowest BCUT2D eigenvalue weighted by Crippen LogP contribution is -2.73. The van der Waals surface area contributed by atoms with Gasteiger partial charge in [-0.3, -0.25) is 19.5 Å². The molecule has 1 N–H and O–H groups in total. The predicted octanol–water partition coefficient (Wildman–Crippen LogP) is 2.99. The number of ether oxygens (including phenoxy) is 2. The minimum Gasteiger partial charge on any atom is -0.379 e. The molecule has 9 atom stereocenters. The summed E-state index contributed by atoms with van der Waals surface area (Å²) in [6, 6.07) is 5.15. The van der Waals surface area contributed by atoms with Gasteiger partial charge in [0.2, 0.25) is 0 Å². The van der Waals surface area contributed by atoms with Gasteiger partial charge in [-0.1, -0.05) is 31.7 Å². The van der Waals surface area contributed by atoms with Crippen LogP contribution in [-0.2, 0) is 25.5 Å². The Morgan fingerprint density at radius 3 is 2.71 bits per heavy atom. The van der Waals surface area contributed by atoms with E-state index >= 15 is 4.39 Å². The Morgan fingerprint density at radius 1 is 1.13 bits per heavy atom. The number of carbonyl (C=O) groups is 2. The Kier molecular flexibility index (Phi) is 9.54. The Balaban J connectivity index is 1.11. The summed E-state index contributed by atoms with van der Waals surface area (Å²) in [7, 11) is 1.75. The third kappa shape index (κ3) is 6.45. The smallest absolute Gasteiger partial charge is 0.258 e. The minimum atomic E-state index is -1.22. The van der Waals surface area contributed by atoms with Crippen molar-refractivity contribution in [1.29, 1.82) is 0 Å². The van der Waals surface area contributed by atoms with E-state index in [0.29, 0.717) is 31.3 Å². The molecule has 6 aliphatic rings. The maximum absolute atomic E-state index is 16.2. The molecule has 9 unspecified atom stereocenters. The Morgan fingerprint density at radius 2 is 1.93 bits per heavy atom. The molecule has 7 rings (SSSR count). The number of hydrogen-bond donors (Lipinski definition) is 1. The summed E-state index contributed by atoms with van der Waals surface area (Å²) >= 11 is 0. The summed E-state index contributed by atoms with van der Waals surface area (Å²) in [4.78, 5) is 38.6. The van der Waals surface area contributed by atoms with Crippen LogP contribution in [0.15, 0.2) is 36.2 Å². The fraction of sp³-hybridized carbons (Fsp3) is 0.743. The first-order valence-corrected chi connectivity index (χ1v) is 17.5. The average Bonchev–Trinajstić information content (AvgIpc) is 3.07. The van der Waals surface area contributed by atoms with Crippen molar-refractivity contribution < 1.29 is 23.5 Å². The molecule has 3 aliphatic heterocycles. The van der Waals surface area contributed by atoms with Crippen LogP contribution >= 0.6 is 0 Å². The summed E-state index contributed by atoms with van der Waals surface area (Å²) < 4.78 is 28.6. The number of pyridine rings is 1. The number of hydrogen-bond acceptors (Lipinski definition) is 8. The van der Waals surface area contributed by atoms with E-state index in [1.807, 2.05) is 24.4 Å². The lowest BCUT2D eigenvalue weighted by molar-refractivity contribution is -0.208. The van der Waals surface area contributed by atoms with Crippen molar-refractivity contribution in [3.8, 4) is 0 Å². The molecule has 9 nitrogen and oxygen atoms in total. The van der Waals surface area contributed by atoms with Crippen LogP contribution in [0.3, 0.4) is 0 Å². The van der Waals surface area contributed by atoms with E-state index in [-0.39, 0.29) is 41.9 Å². The first-order chi connectivity index (χ1) is 22.0. The number of nitrogens with one attached hydrogen (secondary N) is 1. The molecule has 246 valence electrons. The SMILES string of the molecule is CN(CCc1ccccn1)C(=O)C1=CN2C3CC4CCCCC4CC3OC3C(NCCCN4CCOCC4)C(F)CC(C1=O)C32. The van der Waals surface area contributed by atoms with Gasteiger partial charge >= 0.3 is 0 Å². The molecular formula is C35H50FN5O4. The molecule has 5 fully saturated rings. The summed E-state index contributed by atoms with van der Waals surface area (Å²) in [5.41, 5.74) is 1.11. The Hall–Kier alpha value is -2.40. The van der Waals surface area contributed by atoms with Gasteiger partial charge in [-0.25, -0.2) is 4.39 Å². The van der Waals surface area contributed by atoms with E-state index in [9.17, 15) is 9.59 Å². The molecule has 3 aliphatic carbocycles. The van der Waals surface area contributed by atoms with Crippen molar-refractivity contribution in [2.24, 2.45) is 17.8 Å². The fourth-order valence-corrected chi connectivity index (χ4v) is 9.22. The molecule has 45 heavy (non-hydrogen) atoms. The molecule has 0 radical (unpaired) electrons. The lowest BCUT2D eigenvalue weighted by atomic mass is 9.65. The maximum Gasteiger partial charge on any atom is 0.258 e. The molecule has 10 heteroatoms. The Bertz CT molecular complexity index is 1230. The number of rotatable bonds is 9. The van der Waals surface area contributed by atoms with Crippen molar-refractivity contribution in [3.63, 3.8) is 0 Å². The van der Waals surface area contributed by atoms with Gasteiger partial charge in [-0.15, -0.1) is 0 Å². The second-order valence-electron chi connectivity index (χ2n) is 14.3. The lowest BCUT2D eigenvalue weighted by Gasteiger charge is -2.61. The number of ketones is 1. The number of nitrogens with zero attached hydrogens (tertiary/aromatic N) is 4. The molecule has 0 bridgehead atoms. The van der Waals surface area contributed by atoms with E-state index in [4.69, 9.17) is 9.47 Å². The number of aromatic nitrogens is 1. The second kappa shape index (κ2) is 13.8. The number of likely N-dealkylation sites (N-methyl/N-ethyl adjacent to an activating group) is 1. The number of amides is 1. The number of fused-ring (bicyclic) bond motifs is 3. The van der Waals surface area contributed by atoms with Gasteiger partial charge in [0.15, 0.2) is 5.78 Å². The van der Waals surface area contributed by atoms with Gasteiger partial charge in [-0.2, -0.15) is 0 Å². The van der Waals surface area contributed by atoms with Gasteiger partial charge in [-0.05, 0) is 62.7 Å². The highest BCUT2D eigenvalue weighted by molar-refractivity contribution is 6.20. The van der Waals surface area contributed by atoms with E-state index < -0.39 is 24.2 Å². The van der Waals surface area contributed by atoms with Gasteiger partial charge in [0.1, 0.15) is 6.17 Å².